The van der Waals surface area contributed by atoms with Gasteiger partial charge in [0, 0.05) is 0 Å². The predicted molar refractivity (Wildman–Crippen MR) is 41.8 cm³/mol. The maximum absolute atomic E-state index is 3.60. The summed E-state index contributed by atoms with van der Waals surface area (Å²) in [5, 5.41) is 3.60. The number of rotatable bonds is 0. The van der Waals surface area contributed by atoms with Gasteiger partial charge in [-0.05, 0) is 0 Å². The summed E-state index contributed by atoms with van der Waals surface area (Å²) in [7, 11) is 0. The third-order valence-electron chi connectivity index (χ3n) is 2.63. The predicted octanol–water partition coefficient (Wildman–Crippen LogP) is -0.246. The van der Waals surface area contributed by atoms with Gasteiger partial charge in [-0.1, -0.05) is 0 Å². The molecule has 0 aromatic heterocycles. The van der Waals surface area contributed by atoms with Gasteiger partial charge in [0.1, 0.15) is 0 Å². The normalized spacial score (nSPS) is 41.5. The molecule has 3 heteroatoms. The van der Waals surface area contributed by atoms with Crippen LogP contribution in [0.15, 0.2) is 0 Å². The molecule has 0 bridgehead atoms. The second-order valence-electron chi connectivity index (χ2n) is 3.42. The van der Waals surface area contributed by atoms with Gasteiger partial charge < -0.3 is 0 Å². The van der Waals surface area contributed by atoms with E-state index >= 15 is 0 Å². The Morgan fingerprint density at radius 2 is 2.30 bits per heavy atom. The van der Waals surface area contributed by atoms with Crippen molar-refractivity contribution in [2.45, 2.75) is 18.9 Å². The molecule has 0 aliphatic carbocycles. The van der Waals surface area contributed by atoms with Gasteiger partial charge in [0.25, 0.3) is 0 Å². The minimum atomic E-state index is 0.860. The molecule has 0 aromatic rings. The zero-order chi connectivity index (χ0) is 6.97. The standard InChI is InChI=1S/C7H13N2.Tl/c1-2-6-4-8-5-7(6)9-3-1;/h6-7,9H,1-5H2;/q-1;+1/t6?,7-;/m0./s1. The van der Waals surface area contributed by atoms with E-state index in [4.69, 9.17) is 0 Å². The van der Waals surface area contributed by atoms with Crippen LogP contribution < -0.4 is 5.32 Å². The van der Waals surface area contributed by atoms with Crippen molar-refractivity contribution in [2.24, 2.45) is 5.92 Å². The Balaban J connectivity index is 1.97. The van der Waals surface area contributed by atoms with Crippen LogP contribution in [0.5, 0.6) is 0 Å². The Morgan fingerprint density at radius 3 is 3.10 bits per heavy atom. The van der Waals surface area contributed by atoms with Crippen LogP contribution in [-0.4, -0.2) is 54.5 Å². The van der Waals surface area contributed by atoms with Gasteiger partial charge >= 0.3 is 78.5 Å². The van der Waals surface area contributed by atoms with Crippen LogP contribution in [0.4, 0.5) is 0 Å². The van der Waals surface area contributed by atoms with Crippen LogP contribution in [0, 0.1) is 5.92 Å². The molecule has 2 rings (SSSR count). The van der Waals surface area contributed by atoms with E-state index in [2.05, 4.69) is 8.03 Å². The van der Waals surface area contributed by atoms with E-state index in [0.717, 1.165) is 38.0 Å². The average molecular weight is 330 g/mol. The molecule has 0 aromatic carbocycles. The van der Waals surface area contributed by atoms with Gasteiger partial charge in [-0.3, -0.25) is 0 Å². The molecule has 10 heavy (non-hydrogen) atoms. The Labute approximate surface area is 78.5 Å². The Kier molecular flexibility index (Phi) is 2.30. The molecule has 2 fully saturated rings. The molecule has 0 radical (unpaired) electrons. The third-order valence-corrected chi connectivity index (χ3v) is 4.27. The fraction of sp³-hybridized carbons (Fsp3) is 1.00. The minimum absolute atomic E-state index is 0.860. The van der Waals surface area contributed by atoms with Gasteiger partial charge in [-0.2, -0.15) is 0 Å². The Hall–Kier alpha value is 0.842. The van der Waals surface area contributed by atoms with E-state index in [1.165, 1.54) is 32.5 Å². The number of nitrogens with zero attached hydrogens (tertiary/aromatic N) is 1. The summed E-state index contributed by atoms with van der Waals surface area (Å²) in [6, 6.07) is 0.860. The molecule has 0 saturated carbocycles. The molecule has 2 atom stereocenters. The molecule has 2 nitrogen and oxygen atoms in total. The van der Waals surface area contributed by atoms with Crippen LogP contribution in [0.25, 0.3) is 0 Å². The van der Waals surface area contributed by atoms with Crippen LogP contribution in [0.3, 0.4) is 0 Å². The molecule has 0 spiro atoms. The van der Waals surface area contributed by atoms with E-state index < -0.39 is 0 Å². The molecule has 54 valence electrons. The van der Waals surface area contributed by atoms with Crippen LogP contribution >= 0.6 is 0 Å². The third kappa shape index (κ3) is 1.38. The van der Waals surface area contributed by atoms with Crippen molar-refractivity contribution in [1.82, 2.24) is 8.03 Å². The molecular formula is C7H13N2Tl. The van der Waals surface area contributed by atoms with Crippen molar-refractivity contribution >= 4 is 26.1 Å². The van der Waals surface area contributed by atoms with Crippen molar-refractivity contribution in [2.75, 3.05) is 19.6 Å². The second-order valence-corrected chi connectivity index (χ2v) is 6.26. The molecule has 2 aliphatic rings. The number of piperidine rings is 1. The first kappa shape index (κ1) is 7.49. The summed E-state index contributed by atoms with van der Waals surface area (Å²) in [5.41, 5.74) is 0. The summed E-state index contributed by atoms with van der Waals surface area (Å²) in [6.07, 6.45) is 2.88. The second kappa shape index (κ2) is 3.07. The van der Waals surface area contributed by atoms with Gasteiger partial charge in [0.15, 0.2) is 0 Å². The van der Waals surface area contributed by atoms with Crippen LogP contribution in [0.1, 0.15) is 12.8 Å². The topological polar surface area (TPSA) is 15.3 Å². The number of hydrogen-bond acceptors (Lipinski definition) is 2. The van der Waals surface area contributed by atoms with Crippen molar-refractivity contribution in [3.8, 4) is 0 Å². The number of fused-ring (bicyclic) bond motifs is 1. The van der Waals surface area contributed by atoms with Gasteiger partial charge in [0.2, 0.25) is 0 Å². The summed E-state index contributed by atoms with van der Waals surface area (Å²) in [6.45, 7) is 4.00. The Morgan fingerprint density at radius 1 is 1.40 bits per heavy atom. The number of nitrogens with one attached hydrogen (secondary N) is 1. The van der Waals surface area contributed by atoms with Gasteiger partial charge in [-0.25, -0.2) is 0 Å². The summed E-state index contributed by atoms with van der Waals surface area (Å²) in [5.74, 6) is 0.999. The fourth-order valence-corrected chi connectivity index (χ4v) is 4.02. The molecule has 1 N–H and O–H groups in total. The molecular weight excluding hydrogens is 316 g/mol. The van der Waals surface area contributed by atoms with E-state index in [1.54, 1.807) is 0 Å². The zero-order valence-corrected chi connectivity index (χ0v) is 10.7. The van der Waals surface area contributed by atoms with Gasteiger partial charge in [0.05, 0.1) is 0 Å². The number of hydrogen-bond donors (Lipinski definition) is 1. The quantitative estimate of drug-likeness (QED) is 0.617. The Bertz CT molecular complexity index is 115. The molecule has 2 heterocycles. The molecule has 0 amide bonds. The SMILES string of the molecule is [Tl][N]1CC2CCCN[C@H]2C1. The molecule has 1 unspecified atom stereocenters. The first-order chi connectivity index (χ1) is 4.86. The zero-order valence-electron chi connectivity index (χ0n) is 6.21. The first-order valence-corrected chi connectivity index (χ1v) is 6.10. The van der Waals surface area contributed by atoms with E-state index in [0.29, 0.717) is 0 Å². The first-order valence-electron chi connectivity index (χ1n) is 4.09. The van der Waals surface area contributed by atoms with Gasteiger partial charge in [-0.15, -0.1) is 0 Å². The van der Waals surface area contributed by atoms with E-state index in [-0.39, 0.29) is 0 Å². The summed E-state index contributed by atoms with van der Waals surface area (Å²) >= 11 is 1.07. The van der Waals surface area contributed by atoms with Crippen molar-refractivity contribution < 1.29 is 0 Å². The average Bonchev–Trinajstić information content (AvgIpc) is 2.27. The molecule has 2 saturated heterocycles. The monoisotopic (exact) mass is 330 g/mol. The van der Waals surface area contributed by atoms with E-state index in [9.17, 15) is 0 Å². The van der Waals surface area contributed by atoms with Crippen molar-refractivity contribution in [3.63, 3.8) is 0 Å². The summed E-state index contributed by atoms with van der Waals surface area (Å²) in [4.78, 5) is 0. The van der Waals surface area contributed by atoms with Crippen LogP contribution in [0.2, 0.25) is 0 Å². The maximum atomic E-state index is 3.60. The fourth-order valence-electron chi connectivity index (χ4n) is 2.08. The van der Waals surface area contributed by atoms with Crippen molar-refractivity contribution in [3.05, 3.63) is 0 Å². The molecule has 2 aliphatic heterocycles. The summed E-state index contributed by atoms with van der Waals surface area (Å²) < 4.78 is 2.60. The van der Waals surface area contributed by atoms with E-state index in [1.807, 2.05) is 0 Å². The van der Waals surface area contributed by atoms with Crippen molar-refractivity contribution in [1.29, 1.82) is 0 Å². The van der Waals surface area contributed by atoms with Crippen LogP contribution in [-0.2, 0) is 0 Å².